The number of carbonyl (C=O) groups is 2. The minimum atomic E-state index is -4.83. The molecule has 1 atom stereocenters. The molecule has 1 unspecified atom stereocenters. The smallest absolute Gasteiger partial charge is 0.325 e. The first-order chi connectivity index (χ1) is 14.3. The first-order valence-corrected chi connectivity index (χ1v) is 12.8. The maximum Gasteiger partial charge on any atom is 0.325 e. The molecule has 2 N–H and O–H groups in total. The molecule has 0 saturated carbocycles. The van der Waals surface area contributed by atoms with Gasteiger partial charge in [-0.1, -0.05) is 83.3 Å². The zero-order chi connectivity index (χ0) is 22.7. The van der Waals surface area contributed by atoms with Crippen molar-refractivity contribution in [3.63, 3.8) is 0 Å². The normalized spacial score (nSPS) is 12.9. The summed E-state index contributed by atoms with van der Waals surface area (Å²) in [7, 11) is -4.83. The van der Waals surface area contributed by atoms with Crippen molar-refractivity contribution in [2.45, 2.75) is 108 Å². The fourth-order valence-corrected chi connectivity index (χ4v) is 3.68. The van der Waals surface area contributed by atoms with E-state index in [1.165, 1.54) is 70.6 Å². The van der Waals surface area contributed by atoms with Gasteiger partial charge in [0.2, 0.25) is 0 Å². The van der Waals surface area contributed by atoms with Gasteiger partial charge in [-0.2, -0.15) is 8.42 Å². The molecule has 0 heterocycles. The number of carboxylic acids is 1. The van der Waals surface area contributed by atoms with Gasteiger partial charge in [-0.05, 0) is 25.7 Å². The van der Waals surface area contributed by atoms with Crippen LogP contribution in [0.25, 0.3) is 0 Å². The van der Waals surface area contributed by atoms with E-state index in [1.54, 1.807) is 0 Å². The maximum absolute atomic E-state index is 11.5. The minimum Gasteiger partial charge on any atom is -0.480 e. The van der Waals surface area contributed by atoms with Crippen molar-refractivity contribution in [3.8, 4) is 0 Å². The third kappa shape index (κ3) is 17.4. The van der Waals surface area contributed by atoms with Crippen LogP contribution in [0, 0.1) is 0 Å². The SMILES string of the molecule is CCCCCCCCCCCCC/C=C/CCCOC(=O)CC(C(=O)O)S(=O)(=O)O. The Morgan fingerprint density at radius 1 is 0.833 bits per heavy atom. The maximum atomic E-state index is 11.5. The van der Waals surface area contributed by atoms with Crippen molar-refractivity contribution in [2.75, 3.05) is 6.61 Å². The largest absolute Gasteiger partial charge is 0.480 e. The fraction of sp³-hybridized carbons (Fsp3) is 0.818. The second-order valence-electron chi connectivity index (χ2n) is 7.70. The van der Waals surface area contributed by atoms with Crippen LogP contribution in [0.2, 0.25) is 0 Å². The van der Waals surface area contributed by atoms with Crippen LogP contribution in [0.15, 0.2) is 12.2 Å². The van der Waals surface area contributed by atoms with Gasteiger partial charge in [0.05, 0.1) is 13.0 Å². The minimum absolute atomic E-state index is 0.0828. The average molecular weight is 449 g/mol. The standard InChI is InChI=1S/C22H40O7S/c1-2-3-4-5-6-7-8-9-10-11-12-13-14-15-16-17-18-29-21(23)19-20(22(24)25)30(26,27)28/h14-15,20H,2-13,16-19H2,1H3,(H,24,25)(H,26,27,28)/b15-14+. The molecule has 0 spiro atoms. The Labute approximate surface area is 182 Å². The number of hydrogen-bond donors (Lipinski definition) is 2. The van der Waals surface area contributed by atoms with Crippen molar-refractivity contribution in [1.82, 2.24) is 0 Å². The Hall–Kier alpha value is -1.41. The van der Waals surface area contributed by atoms with Gasteiger partial charge >= 0.3 is 11.9 Å². The highest BCUT2D eigenvalue weighted by Crippen LogP contribution is 2.12. The van der Waals surface area contributed by atoms with Gasteiger partial charge in [-0.15, -0.1) is 0 Å². The zero-order valence-corrected chi connectivity index (χ0v) is 19.2. The Morgan fingerprint density at radius 3 is 1.77 bits per heavy atom. The van der Waals surface area contributed by atoms with Crippen molar-refractivity contribution in [3.05, 3.63) is 12.2 Å². The summed E-state index contributed by atoms with van der Waals surface area (Å²) in [5.74, 6) is -2.73. The lowest BCUT2D eigenvalue weighted by atomic mass is 10.1. The summed E-state index contributed by atoms with van der Waals surface area (Å²) in [6, 6.07) is 0. The molecule has 0 aliphatic rings. The number of ether oxygens (including phenoxy) is 1. The molecule has 176 valence electrons. The van der Waals surface area contributed by atoms with Crippen LogP contribution in [-0.2, 0) is 24.4 Å². The van der Waals surface area contributed by atoms with Crippen LogP contribution in [0.4, 0.5) is 0 Å². The number of carboxylic acid groups (broad SMARTS) is 1. The van der Waals surface area contributed by atoms with E-state index in [9.17, 15) is 18.0 Å². The van der Waals surface area contributed by atoms with Gasteiger partial charge in [0.25, 0.3) is 10.1 Å². The van der Waals surface area contributed by atoms with E-state index in [0.29, 0.717) is 6.42 Å². The predicted molar refractivity (Wildman–Crippen MR) is 118 cm³/mol. The molecule has 0 aromatic heterocycles. The van der Waals surface area contributed by atoms with E-state index in [-0.39, 0.29) is 6.61 Å². The molecule has 0 aromatic carbocycles. The molecule has 0 saturated heterocycles. The molecule has 0 rings (SSSR count). The number of unbranched alkanes of at least 4 members (excludes halogenated alkanes) is 12. The van der Waals surface area contributed by atoms with Crippen LogP contribution in [0.3, 0.4) is 0 Å². The highest BCUT2D eigenvalue weighted by molar-refractivity contribution is 7.87. The summed E-state index contributed by atoms with van der Waals surface area (Å²) in [6.07, 6.45) is 20.1. The van der Waals surface area contributed by atoms with Crippen LogP contribution in [0.1, 0.15) is 103 Å². The van der Waals surface area contributed by atoms with E-state index < -0.39 is 33.7 Å². The monoisotopic (exact) mass is 448 g/mol. The average Bonchev–Trinajstić information content (AvgIpc) is 2.67. The Morgan fingerprint density at radius 2 is 1.30 bits per heavy atom. The predicted octanol–water partition coefficient (Wildman–Crippen LogP) is 5.30. The van der Waals surface area contributed by atoms with Crippen LogP contribution in [0.5, 0.6) is 0 Å². The molecule has 0 amide bonds. The molecule has 0 aliphatic heterocycles. The first-order valence-electron chi connectivity index (χ1n) is 11.3. The lowest BCUT2D eigenvalue weighted by Gasteiger charge is -2.08. The van der Waals surface area contributed by atoms with E-state index in [4.69, 9.17) is 14.4 Å². The van der Waals surface area contributed by atoms with E-state index in [1.807, 2.05) is 6.08 Å². The fourth-order valence-electron chi connectivity index (χ4n) is 3.08. The number of carbonyl (C=O) groups excluding carboxylic acids is 1. The van der Waals surface area contributed by atoms with E-state index >= 15 is 0 Å². The molecule has 7 nitrogen and oxygen atoms in total. The second-order valence-corrected chi connectivity index (χ2v) is 9.30. The van der Waals surface area contributed by atoms with Crippen LogP contribution in [-0.4, -0.2) is 41.9 Å². The van der Waals surface area contributed by atoms with Gasteiger partial charge in [0, 0.05) is 0 Å². The van der Waals surface area contributed by atoms with Gasteiger partial charge in [0.15, 0.2) is 5.25 Å². The van der Waals surface area contributed by atoms with Crippen molar-refractivity contribution in [1.29, 1.82) is 0 Å². The number of aliphatic carboxylic acids is 1. The van der Waals surface area contributed by atoms with E-state index in [0.717, 1.165) is 12.8 Å². The molecule has 30 heavy (non-hydrogen) atoms. The summed E-state index contributed by atoms with van der Waals surface area (Å²) in [5.41, 5.74) is 0. The first kappa shape index (κ1) is 28.6. The third-order valence-electron chi connectivity index (χ3n) is 4.91. The highest BCUT2D eigenvalue weighted by Gasteiger charge is 2.33. The Bertz CT molecular complexity index is 584. The molecular formula is C22H40O7S. The highest BCUT2D eigenvalue weighted by atomic mass is 32.2. The molecular weight excluding hydrogens is 408 g/mol. The van der Waals surface area contributed by atoms with Gasteiger partial charge in [0.1, 0.15) is 0 Å². The number of hydrogen-bond acceptors (Lipinski definition) is 5. The number of rotatable bonds is 20. The molecule has 0 fully saturated rings. The molecule has 0 bridgehead atoms. The number of esters is 1. The Balaban J connectivity index is 3.53. The lowest BCUT2D eigenvalue weighted by Crippen LogP contribution is -2.32. The van der Waals surface area contributed by atoms with E-state index in [2.05, 4.69) is 13.0 Å². The van der Waals surface area contributed by atoms with Crippen molar-refractivity contribution in [2.24, 2.45) is 0 Å². The summed E-state index contributed by atoms with van der Waals surface area (Å²) in [5, 5.41) is 6.54. The van der Waals surface area contributed by atoms with Gasteiger partial charge < -0.3 is 9.84 Å². The lowest BCUT2D eigenvalue weighted by molar-refractivity contribution is -0.147. The molecule has 0 aromatic rings. The Kier molecular flexibility index (Phi) is 17.5. The van der Waals surface area contributed by atoms with Crippen molar-refractivity contribution >= 4 is 22.1 Å². The quantitative estimate of drug-likeness (QED) is 0.112. The zero-order valence-electron chi connectivity index (χ0n) is 18.4. The van der Waals surface area contributed by atoms with Gasteiger partial charge in [-0.3, -0.25) is 14.1 Å². The molecule has 8 heteroatoms. The third-order valence-corrected chi connectivity index (χ3v) is 5.99. The van der Waals surface area contributed by atoms with Crippen molar-refractivity contribution < 1.29 is 32.4 Å². The molecule has 0 aliphatic carbocycles. The van der Waals surface area contributed by atoms with Crippen LogP contribution < -0.4 is 0 Å². The molecule has 0 radical (unpaired) electrons. The summed E-state index contributed by atoms with van der Waals surface area (Å²) < 4.78 is 35.4. The second kappa shape index (κ2) is 18.4. The summed E-state index contributed by atoms with van der Waals surface area (Å²) in [6.45, 7) is 2.32. The number of allylic oxidation sites excluding steroid dienone is 2. The summed E-state index contributed by atoms with van der Waals surface area (Å²) in [4.78, 5) is 22.2. The van der Waals surface area contributed by atoms with Crippen LogP contribution >= 0.6 is 0 Å². The summed E-state index contributed by atoms with van der Waals surface area (Å²) >= 11 is 0. The topological polar surface area (TPSA) is 118 Å². The van der Waals surface area contributed by atoms with Gasteiger partial charge in [-0.25, -0.2) is 0 Å².